The van der Waals surface area contributed by atoms with Crippen molar-refractivity contribution in [2.45, 2.75) is 29.2 Å². The molecule has 0 saturated carbocycles. The summed E-state index contributed by atoms with van der Waals surface area (Å²) < 4.78 is 46.5. The van der Waals surface area contributed by atoms with Gasteiger partial charge in [0.15, 0.2) is 0 Å². The van der Waals surface area contributed by atoms with Crippen LogP contribution in [0.5, 0.6) is 0 Å². The largest absolute Gasteiger partial charge is 0.379 e. The summed E-state index contributed by atoms with van der Waals surface area (Å²) in [4.78, 5) is 14.0. The molecule has 30 heavy (non-hydrogen) atoms. The minimum absolute atomic E-state index is 0.127. The molecule has 1 atom stereocenters. The topological polar surface area (TPSA) is 75.7 Å². The van der Waals surface area contributed by atoms with Gasteiger partial charge in [-0.1, -0.05) is 6.07 Å². The molecule has 2 aliphatic heterocycles. The molecule has 2 aromatic carbocycles. The lowest BCUT2D eigenvalue weighted by Crippen LogP contribution is -2.41. The summed E-state index contributed by atoms with van der Waals surface area (Å²) in [5.41, 5.74) is 1.61. The lowest BCUT2D eigenvalue weighted by atomic mass is 10.0. The molecular formula is C21H23FN2O4S2. The van der Waals surface area contributed by atoms with Crippen LogP contribution in [-0.4, -0.2) is 50.7 Å². The number of thioether (sulfide) groups is 1. The second-order valence-electron chi connectivity index (χ2n) is 7.34. The number of halogens is 1. The van der Waals surface area contributed by atoms with Crippen molar-refractivity contribution in [1.29, 1.82) is 0 Å². The van der Waals surface area contributed by atoms with Crippen LogP contribution < -0.4 is 5.32 Å². The first kappa shape index (κ1) is 21.3. The van der Waals surface area contributed by atoms with E-state index in [1.807, 2.05) is 0 Å². The van der Waals surface area contributed by atoms with Crippen molar-refractivity contribution in [3.8, 4) is 0 Å². The van der Waals surface area contributed by atoms with E-state index in [4.69, 9.17) is 4.74 Å². The Morgan fingerprint density at radius 2 is 1.97 bits per heavy atom. The van der Waals surface area contributed by atoms with Gasteiger partial charge in [0.25, 0.3) is 5.91 Å². The molecule has 6 nitrogen and oxygen atoms in total. The maximum atomic E-state index is 13.7. The number of hydrogen-bond acceptors (Lipinski definition) is 5. The minimum atomic E-state index is -3.72. The van der Waals surface area contributed by atoms with Crippen LogP contribution in [0, 0.1) is 12.7 Å². The number of nitrogens with zero attached hydrogens (tertiary/aromatic N) is 1. The molecule has 0 spiro atoms. The molecule has 160 valence electrons. The van der Waals surface area contributed by atoms with E-state index in [1.54, 1.807) is 36.9 Å². The second-order valence-corrected chi connectivity index (χ2v) is 10.4. The Bertz CT molecular complexity index is 1070. The Hall–Kier alpha value is -1.94. The number of morpholine rings is 1. The predicted molar refractivity (Wildman–Crippen MR) is 113 cm³/mol. The van der Waals surface area contributed by atoms with E-state index < -0.39 is 10.0 Å². The summed E-state index contributed by atoms with van der Waals surface area (Å²) in [5, 5.41) is 2.95. The zero-order valence-corrected chi connectivity index (χ0v) is 18.2. The highest BCUT2D eigenvalue weighted by Gasteiger charge is 2.29. The Morgan fingerprint density at radius 1 is 1.20 bits per heavy atom. The molecule has 1 amide bonds. The molecular weight excluding hydrogens is 427 g/mol. The number of sulfonamides is 1. The summed E-state index contributed by atoms with van der Waals surface area (Å²) in [6.07, 6.45) is 0.678. The Morgan fingerprint density at radius 3 is 2.73 bits per heavy atom. The molecule has 0 unspecified atom stereocenters. The molecule has 0 bridgehead atoms. The molecule has 2 aromatic rings. The highest BCUT2D eigenvalue weighted by atomic mass is 32.2. The molecule has 2 aliphatic rings. The summed E-state index contributed by atoms with van der Waals surface area (Å²) in [5.74, 6) is 0.0963. The Balaban J connectivity index is 1.59. The van der Waals surface area contributed by atoms with Gasteiger partial charge in [-0.15, -0.1) is 11.8 Å². The number of fused-ring (bicyclic) bond motifs is 1. The van der Waals surface area contributed by atoms with Crippen LogP contribution in [0.2, 0.25) is 0 Å². The average molecular weight is 451 g/mol. The van der Waals surface area contributed by atoms with Crippen molar-refractivity contribution < 1.29 is 22.3 Å². The number of rotatable bonds is 4. The molecule has 9 heteroatoms. The fraction of sp³-hybridized carbons (Fsp3) is 0.381. The molecule has 2 heterocycles. The van der Waals surface area contributed by atoms with Crippen molar-refractivity contribution in [3.05, 3.63) is 58.9 Å². The summed E-state index contributed by atoms with van der Waals surface area (Å²) in [6.45, 7) is 3.01. The molecule has 0 aliphatic carbocycles. The molecule has 4 rings (SSSR count). The van der Waals surface area contributed by atoms with E-state index >= 15 is 0 Å². The zero-order chi connectivity index (χ0) is 21.3. The van der Waals surface area contributed by atoms with Crippen LogP contribution in [0.3, 0.4) is 0 Å². The number of carbonyl (C=O) groups is 1. The van der Waals surface area contributed by atoms with Crippen LogP contribution >= 0.6 is 11.8 Å². The number of hydrogen-bond donors (Lipinski definition) is 1. The SMILES string of the molecule is Cc1ccc(C(=O)N[C@H]2CCSc3ccc(F)cc32)cc1S(=O)(=O)N1CCOCC1. The van der Waals surface area contributed by atoms with Crippen LogP contribution in [-0.2, 0) is 14.8 Å². The Kier molecular flexibility index (Phi) is 6.15. The van der Waals surface area contributed by atoms with Crippen molar-refractivity contribution in [2.24, 2.45) is 0 Å². The number of aryl methyl sites for hydroxylation is 1. The van der Waals surface area contributed by atoms with Gasteiger partial charge in [-0.05, 0) is 54.8 Å². The van der Waals surface area contributed by atoms with Crippen molar-refractivity contribution in [1.82, 2.24) is 9.62 Å². The van der Waals surface area contributed by atoms with E-state index in [2.05, 4.69) is 5.32 Å². The van der Waals surface area contributed by atoms with E-state index in [0.29, 0.717) is 38.3 Å². The van der Waals surface area contributed by atoms with Gasteiger partial charge >= 0.3 is 0 Å². The Labute approximate surface area is 179 Å². The van der Waals surface area contributed by atoms with Gasteiger partial charge < -0.3 is 10.1 Å². The van der Waals surface area contributed by atoms with E-state index in [9.17, 15) is 17.6 Å². The zero-order valence-electron chi connectivity index (χ0n) is 16.6. The normalized spacial score (nSPS) is 19.9. The van der Waals surface area contributed by atoms with Crippen molar-refractivity contribution in [3.63, 3.8) is 0 Å². The standard InChI is InChI=1S/C21H23FN2O4S2/c1-14-2-3-15(12-20(14)30(26,27)24-7-9-28-10-8-24)21(25)23-18-6-11-29-19-5-4-16(22)13-17(18)19/h2-5,12-13,18H,6-11H2,1H3,(H,23,25)/t18-/m0/s1. The smallest absolute Gasteiger partial charge is 0.251 e. The summed E-state index contributed by atoms with van der Waals surface area (Å²) >= 11 is 1.63. The van der Waals surface area contributed by atoms with Crippen LogP contribution in [0.15, 0.2) is 46.2 Å². The minimum Gasteiger partial charge on any atom is -0.379 e. The van der Waals surface area contributed by atoms with Crippen molar-refractivity contribution >= 4 is 27.7 Å². The fourth-order valence-corrected chi connectivity index (χ4v) is 6.47. The highest BCUT2D eigenvalue weighted by molar-refractivity contribution is 7.99. The average Bonchev–Trinajstić information content (AvgIpc) is 2.75. The molecule has 1 saturated heterocycles. The second kappa shape index (κ2) is 8.66. The lowest BCUT2D eigenvalue weighted by Gasteiger charge is -2.27. The monoisotopic (exact) mass is 450 g/mol. The number of nitrogens with one attached hydrogen (secondary N) is 1. The number of benzene rings is 2. The number of ether oxygens (including phenoxy) is 1. The van der Waals surface area contributed by atoms with Gasteiger partial charge in [0.05, 0.1) is 24.2 Å². The molecule has 1 fully saturated rings. The molecule has 1 N–H and O–H groups in total. The van der Waals surface area contributed by atoms with Crippen LogP contribution in [0.4, 0.5) is 4.39 Å². The van der Waals surface area contributed by atoms with E-state index in [0.717, 1.165) is 16.2 Å². The molecule has 0 aromatic heterocycles. The first-order chi connectivity index (χ1) is 14.4. The maximum absolute atomic E-state index is 13.7. The van der Waals surface area contributed by atoms with Gasteiger partial charge in [0, 0.05) is 29.3 Å². The first-order valence-electron chi connectivity index (χ1n) is 9.78. The third kappa shape index (κ3) is 4.25. The number of amides is 1. The van der Waals surface area contributed by atoms with Gasteiger partial charge in [-0.2, -0.15) is 4.31 Å². The van der Waals surface area contributed by atoms with E-state index in [-0.39, 0.29) is 28.2 Å². The summed E-state index contributed by atoms with van der Waals surface area (Å²) in [6, 6.07) is 8.98. The van der Waals surface area contributed by atoms with Gasteiger partial charge in [0.2, 0.25) is 10.0 Å². The third-order valence-electron chi connectivity index (χ3n) is 5.35. The lowest BCUT2D eigenvalue weighted by molar-refractivity contribution is 0.0730. The quantitative estimate of drug-likeness (QED) is 0.775. The highest BCUT2D eigenvalue weighted by Crippen LogP contribution is 2.36. The van der Waals surface area contributed by atoms with Gasteiger partial charge in [-0.25, -0.2) is 12.8 Å². The van der Waals surface area contributed by atoms with Gasteiger partial charge in [-0.3, -0.25) is 4.79 Å². The van der Waals surface area contributed by atoms with Crippen LogP contribution in [0.25, 0.3) is 0 Å². The van der Waals surface area contributed by atoms with Crippen LogP contribution in [0.1, 0.15) is 33.9 Å². The third-order valence-corrected chi connectivity index (χ3v) is 8.52. The first-order valence-corrected chi connectivity index (χ1v) is 12.2. The van der Waals surface area contributed by atoms with Crippen molar-refractivity contribution in [2.75, 3.05) is 32.1 Å². The maximum Gasteiger partial charge on any atom is 0.251 e. The fourth-order valence-electron chi connectivity index (χ4n) is 3.70. The predicted octanol–water partition coefficient (Wildman–Crippen LogP) is 3.12. The molecule has 0 radical (unpaired) electrons. The van der Waals surface area contributed by atoms with Gasteiger partial charge in [0.1, 0.15) is 5.82 Å². The number of carbonyl (C=O) groups excluding carboxylic acids is 1. The van der Waals surface area contributed by atoms with E-state index in [1.165, 1.54) is 22.5 Å². The summed E-state index contributed by atoms with van der Waals surface area (Å²) in [7, 11) is -3.72.